The van der Waals surface area contributed by atoms with E-state index in [0.717, 1.165) is 37.9 Å². The van der Waals surface area contributed by atoms with E-state index in [4.69, 9.17) is 17.3 Å². The fraction of sp³-hybridized carbons (Fsp3) is 0.385. The van der Waals surface area contributed by atoms with Gasteiger partial charge >= 0.3 is 0 Å². The maximum atomic E-state index is 11.1. The van der Waals surface area contributed by atoms with Gasteiger partial charge in [-0.3, -0.25) is 9.59 Å². The second kappa shape index (κ2) is 5.40. The number of piperidine rings is 1. The molecule has 0 spiro atoms. The number of rotatable bonds is 3. The van der Waals surface area contributed by atoms with Crippen LogP contribution in [-0.4, -0.2) is 25.3 Å². The fourth-order valence-electron chi connectivity index (χ4n) is 2.32. The fourth-order valence-corrected chi connectivity index (χ4v) is 2.54. The first kappa shape index (κ1) is 12.9. The lowest BCUT2D eigenvalue weighted by atomic mass is 9.95. The molecule has 1 amide bonds. The van der Waals surface area contributed by atoms with Gasteiger partial charge < -0.3 is 10.6 Å². The van der Waals surface area contributed by atoms with Gasteiger partial charge in [0.15, 0.2) is 6.29 Å². The molecule has 4 nitrogen and oxygen atoms in total. The summed E-state index contributed by atoms with van der Waals surface area (Å²) in [6.07, 6.45) is 2.22. The van der Waals surface area contributed by atoms with E-state index >= 15 is 0 Å². The number of amides is 1. The number of carbonyl (C=O) groups excluding carboxylic acids is 2. The Bertz CT molecular complexity index is 468. The number of hydrogen-bond acceptors (Lipinski definition) is 3. The average molecular weight is 267 g/mol. The van der Waals surface area contributed by atoms with E-state index in [2.05, 4.69) is 4.90 Å². The molecule has 1 aliphatic heterocycles. The second-order valence-electron chi connectivity index (χ2n) is 4.45. The standard InChI is InChI=1S/C13H15ClN2O2/c14-11-2-1-3-12(10(11)8-17)16-6-4-9(5-7-16)13(15)18/h1-3,8-9H,4-7H2,(H2,15,18). The summed E-state index contributed by atoms with van der Waals surface area (Å²) in [6, 6.07) is 5.40. The van der Waals surface area contributed by atoms with Crippen molar-refractivity contribution < 1.29 is 9.59 Å². The Kier molecular flexibility index (Phi) is 3.87. The van der Waals surface area contributed by atoms with E-state index in [-0.39, 0.29) is 11.8 Å². The molecule has 0 aromatic heterocycles. The van der Waals surface area contributed by atoms with E-state index in [1.807, 2.05) is 12.1 Å². The molecule has 0 unspecified atom stereocenters. The Morgan fingerprint density at radius 3 is 2.61 bits per heavy atom. The van der Waals surface area contributed by atoms with Gasteiger partial charge in [0.25, 0.3) is 0 Å². The van der Waals surface area contributed by atoms with Gasteiger partial charge in [-0.05, 0) is 25.0 Å². The molecule has 18 heavy (non-hydrogen) atoms. The van der Waals surface area contributed by atoms with Crippen molar-refractivity contribution in [1.29, 1.82) is 0 Å². The van der Waals surface area contributed by atoms with Gasteiger partial charge in [0.1, 0.15) is 0 Å². The molecule has 0 aliphatic carbocycles. The molecule has 0 atom stereocenters. The zero-order valence-corrected chi connectivity index (χ0v) is 10.7. The Labute approximate surface area is 111 Å². The van der Waals surface area contributed by atoms with Crippen LogP contribution in [0, 0.1) is 5.92 Å². The maximum Gasteiger partial charge on any atom is 0.220 e. The summed E-state index contributed by atoms with van der Waals surface area (Å²) in [5.74, 6) is -0.295. The number of halogens is 1. The summed E-state index contributed by atoms with van der Waals surface area (Å²) < 4.78 is 0. The van der Waals surface area contributed by atoms with Crippen LogP contribution in [0.3, 0.4) is 0 Å². The molecule has 1 heterocycles. The van der Waals surface area contributed by atoms with E-state index in [9.17, 15) is 9.59 Å². The number of aldehydes is 1. The monoisotopic (exact) mass is 266 g/mol. The molecule has 0 radical (unpaired) electrons. The van der Waals surface area contributed by atoms with E-state index < -0.39 is 0 Å². The van der Waals surface area contributed by atoms with Crippen LogP contribution in [0.2, 0.25) is 5.02 Å². The summed E-state index contributed by atoms with van der Waals surface area (Å²) in [5.41, 5.74) is 6.64. The molecule has 2 rings (SSSR count). The van der Waals surface area contributed by atoms with Gasteiger partial charge in [0.05, 0.1) is 10.6 Å². The predicted octanol–water partition coefficient (Wildman–Crippen LogP) is 1.85. The van der Waals surface area contributed by atoms with Crippen LogP contribution in [-0.2, 0) is 4.79 Å². The molecule has 96 valence electrons. The lowest BCUT2D eigenvalue weighted by Crippen LogP contribution is -2.38. The number of benzene rings is 1. The van der Waals surface area contributed by atoms with Crippen molar-refractivity contribution >= 4 is 29.5 Å². The molecule has 5 heteroatoms. The van der Waals surface area contributed by atoms with Crippen LogP contribution >= 0.6 is 11.6 Å². The Balaban J connectivity index is 2.17. The highest BCUT2D eigenvalue weighted by atomic mass is 35.5. The van der Waals surface area contributed by atoms with Crippen LogP contribution in [0.1, 0.15) is 23.2 Å². The number of primary amides is 1. The molecular weight excluding hydrogens is 252 g/mol. The van der Waals surface area contributed by atoms with Crippen LogP contribution < -0.4 is 10.6 Å². The van der Waals surface area contributed by atoms with Gasteiger partial charge in [-0.1, -0.05) is 17.7 Å². The first-order valence-electron chi connectivity index (χ1n) is 5.91. The zero-order chi connectivity index (χ0) is 13.1. The van der Waals surface area contributed by atoms with Gasteiger partial charge in [-0.15, -0.1) is 0 Å². The summed E-state index contributed by atoms with van der Waals surface area (Å²) in [5, 5.41) is 0.458. The average Bonchev–Trinajstić information content (AvgIpc) is 2.38. The molecule has 1 saturated heterocycles. The van der Waals surface area contributed by atoms with Crippen molar-refractivity contribution in [2.24, 2.45) is 11.7 Å². The van der Waals surface area contributed by atoms with Gasteiger partial charge in [0, 0.05) is 24.7 Å². The third kappa shape index (κ3) is 2.48. The molecule has 1 fully saturated rings. The minimum Gasteiger partial charge on any atom is -0.371 e. The quantitative estimate of drug-likeness (QED) is 0.850. The van der Waals surface area contributed by atoms with Crippen LogP contribution in [0.4, 0.5) is 5.69 Å². The first-order valence-corrected chi connectivity index (χ1v) is 6.29. The largest absolute Gasteiger partial charge is 0.371 e. The van der Waals surface area contributed by atoms with Crippen molar-refractivity contribution in [3.05, 3.63) is 28.8 Å². The summed E-state index contributed by atoms with van der Waals surface area (Å²) in [4.78, 5) is 24.3. The van der Waals surface area contributed by atoms with Crippen molar-refractivity contribution in [1.82, 2.24) is 0 Å². The topological polar surface area (TPSA) is 63.4 Å². The SMILES string of the molecule is NC(=O)C1CCN(c2cccc(Cl)c2C=O)CC1. The molecule has 2 N–H and O–H groups in total. The van der Waals surface area contributed by atoms with Crippen molar-refractivity contribution in [2.75, 3.05) is 18.0 Å². The first-order chi connectivity index (χ1) is 8.63. The molecule has 1 aliphatic rings. The van der Waals surface area contributed by atoms with Crippen molar-refractivity contribution in [2.45, 2.75) is 12.8 Å². The number of hydrogen-bond donors (Lipinski definition) is 1. The van der Waals surface area contributed by atoms with Gasteiger partial charge in [0.2, 0.25) is 5.91 Å². The smallest absolute Gasteiger partial charge is 0.220 e. The Morgan fingerprint density at radius 2 is 2.06 bits per heavy atom. The Hall–Kier alpha value is -1.55. The minimum atomic E-state index is -0.239. The Morgan fingerprint density at radius 1 is 1.39 bits per heavy atom. The highest BCUT2D eigenvalue weighted by Crippen LogP contribution is 2.29. The molecule has 0 saturated carbocycles. The summed E-state index contributed by atoms with van der Waals surface area (Å²) in [6.45, 7) is 1.43. The third-order valence-corrected chi connectivity index (χ3v) is 3.72. The molecule has 1 aromatic carbocycles. The number of carbonyl (C=O) groups is 2. The van der Waals surface area contributed by atoms with Crippen molar-refractivity contribution in [3.8, 4) is 0 Å². The van der Waals surface area contributed by atoms with Crippen LogP contribution in [0.25, 0.3) is 0 Å². The lowest BCUT2D eigenvalue weighted by Gasteiger charge is -2.33. The molecule has 1 aromatic rings. The molecule has 0 bridgehead atoms. The van der Waals surface area contributed by atoms with Crippen LogP contribution in [0.15, 0.2) is 18.2 Å². The summed E-state index contributed by atoms with van der Waals surface area (Å²) >= 11 is 6.00. The normalized spacial score (nSPS) is 16.6. The number of nitrogens with two attached hydrogens (primary N) is 1. The van der Waals surface area contributed by atoms with Crippen molar-refractivity contribution in [3.63, 3.8) is 0 Å². The van der Waals surface area contributed by atoms with E-state index in [0.29, 0.717) is 10.6 Å². The second-order valence-corrected chi connectivity index (χ2v) is 4.86. The van der Waals surface area contributed by atoms with Crippen LogP contribution in [0.5, 0.6) is 0 Å². The van der Waals surface area contributed by atoms with E-state index in [1.165, 1.54) is 0 Å². The number of anilines is 1. The maximum absolute atomic E-state index is 11.1. The minimum absolute atomic E-state index is 0.0554. The highest BCUT2D eigenvalue weighted by molar-refractivity contribution is 6.33. The lowest BCUT2D eigenvalue weighted by molar-refractivity contribution is -0.122. The number of nitrogens with zero attached hydrogens (tertiary/aromatic N) is 1. The zero-order valence-electron chi connectivity index (χ0n) is 9.93. The van der Waals surface area contributed by atoms with Gasteiger partial charge in [-0.25, -0.2) is 0 Å². The summed E-state index contributed by atoms with van der Waals surface area (Å²) in [7, 11) is 0. The highest BCUT2D eigenvalue weighted by Gasteiger charge is 2.24. The third-order valence-electron chi connectivity index (χ3n) is 3.39. The van der Waals surface area contributed by atoms with E-state index in [1.54, 1.807) is 6.07 Å². The van der Waals surface area contributed by atoms with Gasteiger partial charge in [-0.2, -0.15) is 0 Å². The predicted molar refractivity (Wildman–Crippen MR) is 71.0 cm³/mol. The molecular formula is C13H15ClN2O2.